The van der Waals surface area contributed by atoms with E-state index in [2.05, 4.69) is 4.99 Å². The number of esters is 1. The van der Waals surface area contributed by atoms with E-state index in [1.807, 2.05) is 36.4 Å². The molecule has 3 rings (SSSR count). The maximum Gasteiger partial charge on any atom is 0.363 e. The highest BCUT2D eigenvalue weighted by molar-refractivity contribution is 6.32. The average Bonchev–Trinajstić information content (AvgIpc) is 2.95. The van der Waals surface area contributed by atoms with E-state index in [4.69, 9.17) is 21.1 Å². The highest BCUT2D eigenvalue weighted by Gasteiger charge is 2.21. The van der Waals surface area contributed by atoms with Crippen LogP contribution < -0.4 is 4.74 Å². The van der Waals surface area contributed by atoms with E-state index in [1.54, 1.807) is 37.5 Å². The van der Waals surface area contributed by atoms with Gasteiger partial charge >= 0.3 is 5.97 Å². The first-order valence-electron chi connectivity index (χ1n) is 7.25. The van der Waals surface area contributed by atoms with E-state index in [1.165, 1.54) is 0 Å². The molecule has 0 saturated heterocycles. The first-order valence-corrected chi connectivity index (χ1v) is 7.63. The minimum Gasteiger partial charge on any atom is -0.496 e. The molecule has 2 aromatic carbocycles. The first kappa shape index (κ1) is 16.0. The Morgan fingerprint density at radius 3 is 2.50 bits per heavy atom. The number of carbonyl (C=O) groups excluding carboxylic acids is 1. The lowest BCUT2D eigenvalue weighted by Gasteiger charge is -2.02. The fraction of sp³-hybridized carbons (Fsp3) is 0.0526. The van der Waals surface area contributed by atoms with E-state index in [9.17, 15) is 4.79 Å². The number of ether oxygens (including phenoxy) is 2. The van der Waals surface area contributed by atoms with E-state index in [-0.39, 0.29) is 11.6 Å². The van der Waals surface area contributed by atoms with Crippen molar-refractivity contribution in [3.63, 3.8) is 0 Å². The van der Waals surface area contributed by atoms with Crippen LogP contribution in [0.3, 0.4) is 0 Å². The predicted molar refractivity (Wildman–Crippen MR) is 95.0 cm³/mol. The second-order valence-corrected chi connectivity index (χ2v) is 5.37. The van der Waals surface area contributed by atoms with Gasteiger partial charge in [-0.05, 0) is 29.8 Å². The number of nitrogens with zero attached hydrogens (tertiary/aromatic N) is 1. The molecular weight excluding hydrogens is 326 g/mol. The Hall–Kier alpha value is -2.85. The van der Waals surface area contributed by atoms with E-state index < -0.39 is 5.97 Å². The Morgan fingerprint density at radius 2 is 1.75 bits per heavy atom. The zero-order chi connectivity index (χ0) is 16.9. The van der Waals surface area contributed by atoms with Gasteiger partial charge in [0.1, 0.15) is 5.75 Å². The smallest absolute Gasteiger partial charge is 0.363 e. The third kappa shape index (κ3) is 3.55. The molecule has 0 fully saturated rings. The summed E-state index contributed by atoms with van der Waals surface area (Å²) in [6.45, 7) is 0. The number of benzene rings is 2. The van der Waals surface area contributed by atoms with Gasteiger partial charge < -0.3 is 9.47 Å². The van der Waals surface area contributed by atoms with Crippen LogP contribution in [0.5, 0.6) is 5.75 Å². The highest BCUT2D eigenvalue weighted by Crippen LogP contribution is 2.23. The van der Waals surface area contributed by atoms with Crippen molar-refractivity contribution < 1.29 is 14.3 Å². The molecule has 0 radical (unpaired) electrons. The lowest BCUT2D eigenvalue weighted by Crippen LogP contribution is -2.01. The molecule has 2 aromatic rings. The van der Waals surface area contributed by atoms with Crippen LogP contribution in [0.15, 0.2) is 65.3 Å². The van der Waals surface area contributed by atoms with E-state index in [0.29, 0.717) is 10.6 Å². The minimum atomic E-state index is -0.505. The first-order chi connectivity index (χ1) is 11.7. The number of hydrogen-bond donors (Lipinski definition) is 0. The molecule has 120 valence electrons. The van der Waals surface area contributed by atoms with Crippen molar-refractivity contribution in [3.8, 4) is 5.75 Å². The number of cyclic esters (lactones) is 1. The quantitative estimate of drug-likeness (QED) is 0.614. The van der Waals surface area contributed by atoms with Gasteiger partial charge in [-0.3, -0.25) is 0 Å². The van der Waals surface area contributed by atoms with Crippen molar-refractivity contribution in [1.29, 1.82) is 0 Å². The van der Waals surface area contributed by atoms with Crippen LogP contribution in [-0.4, -0.2) is 19.0 Å². The number of rotatable bonds is 4. The number of methoxy groups -OCH3 is 1. The monoisotopic (exact) mass is 339 g/mol. The van der Waals surface area contributed by atoms with Crippen molar-refractivity contribution in [2.75, 3.05) is 7.11 Å². The van der Waals surface area contributed by atoms with Crippen molar-refractivity contribution in [2.45, 2.75) is 0 Å². The molecule has 0 amide bonds. The average molecular weight is 340 g/mol. The molecule has 0 atom stereocenters. The highest BCUT2D eigenvalue weighted by atomic mass is 35.5. The molecule has 0 N–H and O–H groups in total. The topological polar surface area (TPSA) is 47.9 Å². The van der Waals surface area contributed by atoms with Gasteiger partial charge in [0.15, 0.2) is 5.70 Å². The molecule has 5 heteroatoms. The molecule has 1 aliphatic rings. The van der Waals surface area contributed by atoms with Crippen LogP contribution in [0.2, 0.25) is 5.02 Å². The van der Waals surface area contributed by atoms with Crippen LogP contribution >= 0.6 is 11.6 Å². The van der Waals surface area contributed by atoms with Gasteiger partial charge in [0, 0.05) is 16.7 Å². The molecule has 0 saturated carbocycles. The molecule has 0 bridgehead atoms. The van der Waals surface area contributed by atoms with Gasteiger partial charge in [-0.2, -0.15) is 0 Å². The normalized spacial score (nSPS) is 15.7. The summed E-state index contributed by atoms with van der Waals surface area (Å²) in [7, 11) is 1.60. The van der Waals surface area contributed by atoms with Crippen LogP contribution in [0.4, 0.5) is 0 Å². The lowest BCUT2D eigenvalue weighted by atomic mass is 10.2. The molecular formula is C19H14ClNO3. The summed E-state index contributed by atoms with van der Waals surface area (Å²) in [4.78, 5) is 16.1. The Bertz CT molecular complexity index is 868. The van der Waals surface area contributed by atoms with Crippen LogP contribution in [-0.2, 0) is 9.53 Å². The fourth-order valence-electron chi connectivity index (χ4n) is 2.20. The van der Waals surface area contributed by atoms with Crippen LogP contribution in [0.25, 0.3) is 12.2 Å². The van der Waals surface area contributed by atoms with Crippen molar-refractivity contribution >= 4 is 35.6 Å². The summed E-state index contributed by atoms with van der Waals surface area (Å²) in [6, 6.07) is 14.7. The third-order valence-corrected chi connectivity index (χ3v) is 3.72. The largest absolute Gasteiger partial charge is 0.496 e. The summed E-state index contributed by atoms with van der Waals surface area (Å²) in [5.74, 6) is 0.448. The van der Waals surface area contributed by atoms with Gasteiger partial charge in [0.2, 0.25) is 5.90 Å². The zero-order valence-electron chi connectivity index (χ0n) is 12.9. The Morgan fingerprint density at radius 1 is 1.04 bits per heavy atom. The Kier molecular flexibility index (Phi) is 4.77. The van der Waals surface area contributed by atoms with Crippen molar-refractivity contribution in [3.05, 3.63) is 76.5 Å². The molecule has 24 heavy (non-hydrogen) atoms. The van der Waals surface area contributed by atoms with E-state index in [0.717, 1.165) is 11.3 Å². The summed E-state index contributed by atoms with van der Waals surface area (Å²) in [5.41, 5.74) is 1.79. The standard InChI is InChI=1S/C19H14ClNO3/c1-23-17-9-5-3-6-13(17)10-11-18-21-16(19(22)24-18)12-14-7-2-4-8-15(14)20/h2-12H,1H3/b11-10+,16-12-. The molecule has 0 aliphatic carbocycles. The van der Waals surface area contributed by atoms with Crippen LogP contribution in [0.1, 0.15) is 11.1 Å². The SMILES string of the molecule is COc1ccccc1/C=C/C1=NC(=C\c2ccccc2Cl)/C(=O)O1. The maximum atomic E-state index is 11.9. The predicted octanol–water partition coefficient (Wildman–Crippen LogP) is 4.36. The number of aliphatic imine (C=N–C) groups is 1. The third-order valence-electron chi connectivity index (χ3n) is 3.38. The van der Waals surface area contributed by atoms with Crippen molar-refractivity contribution in [2.24, 2.45) is 4.99 Å². The van der Waals surface area contributed by atoms with Crippen LogP contribution in [0, 0.1) is 0 Å². The summed E-state index contributed by atoms with van der Waals surface area (Å²) in [6.07, 6.45) is 5.02. The summed E-state index contributed by atoms with van der Waals surface area (Å²) in [5, 5.41) is 0.547. The second-order valence-electron chi connectivity index (χ2n) is 4.97. The molecule has 1 aliphatic heterocycles. The molecule has 4 nitrogen and oxygen atoms in total. The number of halogens is 1. The minimum absolute atomic E-state index is 0.211. The Balaban J connectivity index is 1.84. The lowest BCUT2D eigenvalue weighted by molar-refractivity contribution is -0.129. The summed E-state index contributed by atoms with van der Waals surface area (Å²) < 4.78 is 10.4. The second kappa shape index (κ2) is 7.15. The van der Waals surface area contributed by atoms with E-state index >= 15 is 0 Å². The number of hydrogen-bond acceptors (Lipinski definition) is 4. The van der Waals surface area contributed by atoms with Gasteiger partial charge in [-0.1, -0.05) is 48.0 Å². The zero-order valence-corrected chi connectivity index (χ0v) is 13.7. The van der Waals surface area contributed by atoms with Gasteiger partial charge in [0.25, 0.3) is 0 Å². The van der Waals surface area contributed by atoms with Gasteiger partial charge in [-0.25, -0.2) is 9.79 Å². The van der Waals surface area contributed by atoms with Gasteiger partial charge in [0.05, 0.1) is 7.11 Å². The van der Waals surface area contributed by atoms with Gasteiger partial charge in [-0.15, -0.1) is 0 Å². The number of para-hydroxylation sites is 1. The Labute approximate surface area is 144 Å². The fourth-order valence-corrected chi connectivity index (χ4v) is 2.39. The van der Waals surface area contributed by atoms with Crippen molar-refractivity contribution in [1.82, 2.24) is 0 Å². The molecule has 0 unspecified atom stereocenters. The summed E-state index contributed by atoms with van der Waals surface area (Å²) >= 11 is 6.09. The molecule has 1 heterocycles. The molecule has 0 aromatic heterocycles. The molecule has 0 spiro atoms. The number of carbonyl (C=O) groups is 1. The maximum absolute atomic E-state index is 11.9.